The van der Waals surface area contributed by atoms with Gasteiger partial charge < -0.3 is 20.1 Å². The Morgan fingerprint density at radius 3 is 2.37 bits per heavy atom. The van der Waals surface area contributed by atoms with E-state index in [4.69, 9.17) is 9.47 Å². The van der Waals surface area contributed by atoms with E-state index in [1.807, 2.05) is 43.3 Å². The van der Waals surface area contributed by atoms with Crippen LogP contribution in [0.5, 0.6) is 11.5 Å². The molecule has 0 amide bonds. The Hall–Kier alpha value is -1.96. The van der Waals surface area contributed by atoms with Crippen molar-refractivity contribution in [2.24, 2.45) is 4.99 Å². The number of ether oxygens (including phenoxy) is 2. The standard InChI is InChI=1S/C21H29N3O2.HI/c1-5-26-19-12-8-6-10-17(19)15-24-21(22-3)23-14-16(2)18-11-7-9-13-20(18)25-4;/h6-13,16H,5,14-15H2,1-4H3,(H2,22,23,24);1H. The van der Waals surface area contributed by atoms with Crippen molar-refractivity contribution >= 4 is 29.9 Å². The lowest BCUT2D eigenvalue weighted by Crippen LogP contribution is -2.38. The van der Waals surface area contributed by atoms with Gasteiger partial charge in [0.05, 0.1) is 13.7 Å². The summed E-state index contributed by atoms with van der Waals surface area (Å²) in [5.74, 6) is 2.87. The Balaban J connectivity index is 0.00000364. The number of rotatable bonds is 8. The summed E-state index contributed by atoms with van der Waals surface area (Å²) in [7, 11) is 3.48. The highest BCUT2D eigenvalue weighted by atomic mass is 127. The molecule has 2 aromatic carbocycles. The van der Waals surface area contributed by atoms with E-state index in [0.717, 1.165) is 29.6 Å². The zero-order chi connectivity index (χ0) is 18.8. The molecule has 0 bridgehead atoms. The molecule has 0 radical (unpaired) electrons. The van der Waals surface area contributed by atoms with Crippen molar-refractivity contribution < 1.29 is 9.47 Å². The molecule has 1 atom stereocenters. The Bertz CT molecular complexity index is 722. The van der Waals surface area contributed by atoms with Gasteiger partial charge in [-0.15, -0.1) is 24.0 Å². The molecule has 0 saturated carbocycles. The number of hydrogen-bond donors (Lipinski definition) is 2. The minimum Gasteiger partial charge on any atom is -0.496 e. The Morgan fingerprint density at radius 2 is 1.70 bits per heavy atom. The average molecular weight is 483 g/mol. The monoisotopic (exact) mass is 483 g/mol. The number of hydrogen-bond acceptors (Lipinski definition) is 3. The zero-order valence-electron chi connectivity index (χ0n) is 16.5. The van der Waals surface area contributed by atoms with Crippen LogP contribution in [-0.4, -0.2) is 33.3 Å². The van der Waals surface area contributed by atoms with Crippen LogP contribution in [0.15, 0.2) is 53.5 Å². The van der Waals surface area contributed by atoms with Gasteiger partial charge in [-0.25, -0.2) is 0 Å². The second-order valence-corrected chi connectivity index (χ2v) is 5.99. The third kappa shape index (κ3) is 6.93. The van der Waals surface area contributed by atoms with Gasteiger partial charge in [0, 0.05) is 31.6 Å². The van der Waals surface area contributed by atoms with E-state index in [0.29, 0.717) is 19.1 Å². The Morgan fingerprint density at radius 1 is 1.04 bits per heavy atom. The van der Waals surface area contributed by atoms with Crippen molar-refractivity contribution in [2.45, 2.75) is 26.3 Å². The largest absolute Gasteiger partial charge is 0.496 e. The van der Waals surface area contributed by atoms with Gasteiger partial charge in [-0.1, -0.05) is 43.3 Å². The second-order valence-electron chi connectivity index (χ2n) is 5.99. The first kappa shape index (κ1) is 23.1. The van der Waals surface area contributed by atoms with Crippen LogP contribution in [0.1, 0.15) is 30.9 Å². The molecular formula is C21H30IN3O2. The number of para-hydroxylation sites is 2. The lowest BCUT2D eigenvalue weighted by atomic mass is 10.0. The molecule has 0 aromatic heterocycles. The minimum atomic E-state index is 0. The molecule has 0 aliphatic heterocycles. The van der Waals surface area contributed by atoms with Crippen LogP contribution in [0, 0.1) is 0 Å². The SMILES string of the molecule is CCOc1ccccc1CNC(=NC)NCC(C)c1ccccc1OC.I. The summed E-state index contributed by atoms with van der Waals surface area (Å²) in [5, 5.41) is 6.73. The maximum Gasteiger partial charge on any atom is 0.191 e. The molecule has 0 saturated heterocycles. The number of methoxy groups -OCH3 is 1. The smallest absolute Gasteiger partial charge is 0.191 e. The molecule has 2 N–H and O–H groups in total. The molecule has 148 valence electrons. The maximum atomic E-state index is 5.67. The summed E-state index contributed by atoms with van der Waals surface area (Å²) in [6, 6.07) is 16.1. The first-order chi connectivity index (χ1) is 12.7. The Kier molecular flexibility index (Phi) is 10.6. The topological polar surface area (TPSA) is 54.9 Å². The van der Waals surface area contributed by atoms with Crippen molar-refractivity contribution in [1.82, 2.24) is 10.6 Å². The van der Waals surface area contributed by atoms with E-state index in [1.165, 1.54) is 5.56 Å². The molecule has 0 fully saturated rings. The zero-order valence-corrected chi connectivity index (χ0v) is 18.8. The third-order valence-electron chi connectivity index (χ3n) is 4.19. The molecule has 2 aromatic rings. The van der Waals surface area contributed by atoms with Crippen LogP contribution in [0.3, 0.4) is 0 Å². The van der Waals surface area contributed by atoms with E-state index < -0.39 is 0 Å². The molecule has 0 heterocycles. The first-order valence-corrected chi connectivity index (χ1v) is 8.97. The third-order valence-corrected chi connectivity index (χ3v) is 4.19. The van der Waals surface area contributed by atoms with Gasteiger partial charge in [-0.3, -0.25) is 4.99 Å². The van der Waals surface area contributed by atoms with Crippen molar-refractivity contribution in [1.29, 1.82) is 0 Å². The summed E-state index contributed by atoms with van der Waals surface area (Å²) in [6.07, 6.45) is 0. The van der Waals surface area contributed by atoms with E-state index >= 15 is 0 Å². The van der Waals surface area contributed by atoms with Crippen molar-refractivity contribution in [3.05, 3.63) is 59.7 Å². The molecule has 0 spiro atoms. The maximum absolute atomic E-state index is 5.67. The van der Waals surface area contributed by atoms with Gasteiger partial charge in [-0.2, -0.15) is 0 Å². The van der Waals surface area contributed by atoms with Crippen LogP contribution in [-0.2, 0) is 6.54 Å². The van der Waals surface area contributed by atoms with Gasteiger partial charge in [0.1, 0.15) is 11.5 Å². The highest BCUT2D eigenvalue weighted by molar-refractivity contribution is 14.0. The summed E-state index contributed by atoms with van der Waals surface area (Å²) in [6.45, 7) is 6.22. The second kappa shape index (κ2) is 12.4. The summed E-state index contributed by atoms with van der Waals surface area (Å²) >= 11 is 0. The minimum absolute atomic E-state index is 0. The normalized spacial score (nSPS) is 11.9. The quantitative estimate of drug-likeness (QED) is 0.336. The molecule has 0 aliphatic carbocycles. The highest BCUT2D eigenvalue weighted by Gasteiger charge is 2.11. The molecule has 1 unspecified atom stereocenters. The lowest BCUT2D eigenvalue weighted by molar-refractivity contribution is 0.336. The molecule has 0 aliphatic rings. The molecule has 6 heteroatoms. The van der Waals surface area contributed by atoms with Gasteiger partial charge in [-0.05, 0) is 24.6 Å². The first-order valence-electron chi connectivity index (χ1n) is 8.97. The molecule has 27 heavy (non-hydrogen) atoms. The van der Waals surface area contributed by atoms with Crippen LogP contribution in [0.4, 0.5) is 0 Å². The van der Waals surface area contributed by atoms with Crippen LogP contribution in [0.25, 0.3) is 0 Å². The van der Waals surface area contributed by atoms with Crippen LogP contribution >= 0.6 is 24.0 Å². The van der Waals surface area contributed by atoms with E-state index in [9.17, 15) is 0 Å². The predicted octanol–water partition coefficient (Wildman–Crippen LogP) is 4.18. The molecule has 5 nitrogen and oxygen atoms in total. The molecule has 2 rings (SSSR count). The molecular weight excluding hydrogens is 453 g/mol. The van der Waals surface area contributed by atoms with Crippen molar-refractivity contribution in [2.75, 3.05) is 27.3 Å². The summed E-state index contributed by atoms with van der Waals surface area (Å²) in [5.41, 5.74) is 2.29. The van der Waals surface area contributed by atoms with Crippen molar-refractivity contribution in [3.8, 4) is 11.5 Å². The Labute approximate surface area is 179 Å². The van der Waals surface area contributed by atoms with Gasteiger partial charge in [0.25, 0.3) is 0 Å². The number of halogens is 1. The van der Waals surface area contributed by atoms with E-state index in [2.05, 4.69) is 34.7 Å². The average Bonchev–Trinajstić information content (AvgIpc) is 2.69. The summed E-state index contributed by atoms with van der Waals surface area (Å²) < 4.78 is 11.1. The highest BCUT2D eigenvalue weighted by Crippen LogP contribution is 2.25. The van der Waals surface area contributed by atoms with Crippen molar-refractivity contribution in [3.63, 3.8) is 0 Å². The number of nitrogens with one attached hydrogen (secondary N) is 2. The fourth-order valence-electron chi connectivity index (χ4n) is 2.78. The number of benzene rings is 2. The van der Waals surface area contributed by atoms with Gasteiger partial charge in [0.2, 0.25) is 0 Å². The number of nitrogens with zero attached hydrogens (tertiary/aromatic N) is 1. The van der Waals surface area contributed by atoms with Crippen LogP contribution < -0.4 is 20.1 Å². The predicted molar refractivity (Wildman–Crippen MR) is 123 cm³/mol. The fourth-order valence-corrected chi connectivity index (χ4v) is 2.78. The van der Waals surface area contributed by atoms with E-state index in [1.54, 1.807) is 14.2 Å². The van der Waals surface area contributed by atoms with Gasteiger partial charge in [0.15, 0.2) is 5.96 Å². The fraction of sp³-hybridized carbons (Fsp3) is 0.381. The van der Waals surface area contributed by atoms with Gasteiger partial charge >= 0.3 is 0 Å². The summed E-state index contributed by atoms with van der Waals surface area (Å²) in [4.78, 5) is 4.31. The number of aliphatic imine (C=N–C) groups is 1. The van der Waals surface area contributed by atoms with Crippen LogP contribution in [0.2, 0.25) is 0 Å². The van der Waals surface area contributed by atoms with E-state index in [-0.39, 0.29) is 24.0 Å². The number of guanidine groups is 1. The lowest BCUT2D eigenvalue weighted by Gasteiger charge is -2.19.